The lowest BCUT2D eigenvalue weighted by Crippen LogP contribution is -2.53. The molecule has 0 aromatic carbocycles. The van der Waals surface area contributed by atoms with Crippen LogP contribution in [0.3, 0.4) is 0 Å². The second kappa shape index (κ2) is 11.5. The summed E-state index contributed by atoms with van der Waals surface area (Å²) in [5, 5.41) is 13.5. The standard InChI is InChI=1S/C16H27N5O6S/c1-28-6-4-9(17)15(25)21-5-2-3-11(21)14(24)19-8-13(23)20-10(16(26)27)7-12(18)22/h9-11H,2-8,17H2,1H3,(H2,18,22)(H,19,24)(H,20,23)(H,26,27). The largest absolute Gasteiger partial charge is 0.480 e. The Kier molecular flexibility index (Phi) is 9.73. The average Bonchev–Trinajstić information content (AvgIpc) is 3.12. The number of thioether (sulfide) groups is 1. The lowest BCUT2D eigenvalue weighted by molar-refractivity contribution is -0.143. The van der Waals surface area contributed by atoms with E-state index in [4.69, 9.17) is 16.6 Å². The van der Waals surface area contributed by atoms with Crippen molar-refractivity contribution in [3.8, 4) is 0 Å². The Hall–Kier alpha value is -2.34. The van der Waals surface area contributed by atoms with Gasteiger partial charge in [0.05, 0.1) is 19.0 Å². The Morgan fingerprint density at radius 3 is 2.54 bits per heavy atom. The maximum Gasteiger partial charge on any atom is 0.326 e. The highest BCUT2D eigenvalue weighted by Crippen LogP contribution is 2.19. The summed E-state index contributed by atoms with van der Waals surface area (Å²) >= 11 is 1.57. The van der Waals surface area contributed by atoms with Gasteiger partial charge in [0.1, 0.15) is 12.1 Å². The van der Waals surface area contributed by atoms with Crippen molar-refractivity contribution in [1.29, 1.82) is 0 Å². The summed E-state index contributed by atoms with van der Waals surface area (Å²) in [5.74, 6) is -3.16. The van der Waals surface area contributed by atoms with E-state index in [9.17, 15) is 24.0 Å². The van der Waals surface area contributed by atoms with Crippen molar-refractivity contribution in [3.05, 3.63) is 0 Å². The van der Waals surface area contributed by atoms with Gasteiger partial charge in [-0.05, 0) is 31.3 Å². The highest BCUT2D eigenvalue weighted by atomic mass is 32.2. The number of nitrogens with one attached hydrogen (secondary N) is 2. The van der Waals surface area contributed by atoms with Gasteiger partial charge in [-0.1, -0.05) is 0 Å². The molecule has 1 heterocycles. The number of carbonyl (C=O) groups is 5. The summed E-state index contributed by atoms with van der Waals surface area (Å²) in [4.78, 5) is 60.0. The van der Waals surface area contributed by atoms with Crippen molar-refractivity contribution in [2.45, 2.75) is 43.8 Å². The molecule has 11 nitrogen and oxygen atoms in total. The fourth-order valence-corrected chi connectivity index (χ4v) is 3.31. The van der Waals surface area contributed by atoms with E-state index in [1.54, 1.807) is 11.8 Å². The monoisotopic (exact) mass is 417 g/mol. The fourth-order valence-electron chi connectivity index (χ4n) is 2.82. The molecule has 12 heteroatoms. The number of primary amides is 1. The zero-order chi connectivity index (χ0) is 21.3. The zero-order valence-corrected chi connectivity index (χ0v) is 16.5. The number of hydrogen-bond donors (Lipinski definition) is 5. The number of nitrogens with zero attached hydrogens (tertiary/aromatic N) is 1. The van der Waals surface area contributed by atoms with E-state index in [2.05, 4.69) is 10.6 Å². The molecule has 1 aliphatic rings. The van der Waals surface area contributed by atoms with Crippen LogP contribution in [-0.2, 0) is 24.0 Å². The van der Waals surface area contributed by atoms with E-state index in [-0.39, 0.29) is 5.91 Å². The molecule has 158 valence electrons. The average molecular weight is 417 g/mol. The first-order valence-electron chi connectivity index (χ1n) is 8.80. The minimum atomic E-state index is -1.47. The molecule has 0 saturated carbocycles. The number of likely N-dealkylation sites (tertiary alicyclic amines) is 1. The normalized spacial score (nSPS) is 18.2. The van der Waals surface area contributed by atoms with Gasteiger partial charge < -0.3 is 32.1 Å². The van der Waals surface area contributed by atoms with Crippen molar-refractivity contribution < 1.29 is 29.1 Å². The second-order valence-corrected chi connectivity index (χ2v) is 7.41. The molecule has 0 aromatic heterocycles. The summed E-state index contributed by atoms with van der Waals surface area (Å²) in [6.07, 6.45) is 2.95. The van der Waals surface area contributed by atoms with Gasteiger partial charge in [0.15, 0.2) is 0 Å². The molecule has 0 bridgehead atoms. The summed E-state index contributed by atoms with van der Waals surface area (Å²) in [6, 6.07) is -2.88. The quantitative estimate of drug-likeness (QED) is 0.246. The van der Waals surface area contributed by atoms with Gasteiger partial charge in [-0.15, -0.1) is 0 Å². The van der Waals surface area contributed by atoms with Crippen LogP contribution in [0.4, 0.5) is 0 Å². The molecule has 0 radical (unpaired) electrons. The summed E-state index contributed by atoms with van der Waals surface area (Å²) in [7, 11) is 0. The Morgan fingerprint density at radius 2 is 1.96 bits per heavy atom. The van der Waals surface area contributed by atoms with Crippen LogP contribution in [0.5, 0.6) is 0 Å². The van der Waals surface area contributed by atoms with E-state index in [0.717, 1.165) is 5.75 Å². The van der Waals surface area contributed by atoms with Gasteiger partial charge in [-0.2, -0.15) is 11.8 Å². The predicted molar refractivity (Wildman–Crippen MR) is 102 cm³/mol. The van der Waals surface area contributed by atoms with Gasteiger partial charge in [-0.25, -0.2) is 4.79 Å². The first kappa shape index (κ1) is 23.7. The molecule has 1 fully saturated rings. The molecule has 0 aliphatic carbocycles. The van der Waals surface area contributed by atoms with E-state index < -0.39 is 54.8 Å². The molecule has 1 saturated heterocycles. The molecule has 7 N–H and O–H groups in total. The maximum atomic E-state index is 12.5. The molecular formula is C16H27N5O6S. The fraction of sp³-hybridized carbons (Fsp3) is 0.688. The van der Waals surface area contributed by atoms with Crippen LogP contribution in [-0.4, -0.2) is 82.8 Å². The summed E-state index contributed by atoms with van der Waals surface area (Å²) in [6.45, 7) is -0.0752. The van der Waals surface area contributed by atoms with E-state index in [0.29, 0.717) is 25.8 Å². The van der Waals surface area contributed by atoms with Crippen LogP contribution >= 0.6 is 11.8 Å². The molecule has 1 aliphatic heterocycles. The first-order valence-corrected chi connectivity index (χ1v) is 10.2. The second-order valence-electron chi connectivity index (χ2n) is 6.42. The molecule has 0 spiro atoms. The van der Waals surface area contributed by atoms with Crippen molar-refractivity contribution in [2.24, 2.45) is 11.5 Å². The van der Waals surface area contributed by atoms with Gasteiger partial charge in [0.25, 0.3) is 0 Å². The smallest absolute Gasteiger partial charge is 0.326 e. The van der Waals surface area contributed by atoms with Crippen LogP contribution in [0, 0.1) is 0 Å². The zero-order valence-electron chi connectivity index (χ0n) is 15.7. The SMILES string of the molecule is CSCCC(N)C(=O)N1CCCC1C(=O)NCC(=O)NC(CC(N)=O)C(=O)O. The van der Waals surface area contributed by atoms with Crippen LogP contribution in [0.2, 0.25) is 0 Å². The lowest BCUT2D eigenvalue weighted by Gasteiger charge is -2.26. The molecule has 3 atom stereocenters. The third-order valence-electron chi connectivity index (χ3n) is 4.25. The van der Waals surface area contributed by atoms with Crippen molar-refractivity contribution in [2.75, 3.05) is 25.1 Å². The van der Waals surface area contributed by atoms with E-state index >= 15 is 0 Å². The van der Waals surface area contributed by atoms with Crippen LogP contribution in [0.15, 0.2) is 0 Å². The highest BCUT2D eigenvalue weighted by Gasteiger charge is 2.36. The Bertz CT molecular complexity index is 616. The number of carboxylic acids is 1. The number of nitrogens with two attached hydrogens (primary N) is 2. The molecule has 3 unspecified atom stereocenters. The Morgan fingerprint density at radius 1 is 1.29 bits per heavy atom. The molecule has 0 aromatic rings. The predicted octanol–water partition coefficient (Wildman–Crippen LogP) is -2.38. The van der Waals surface area contributed by atoms with Gasteiger partial charge in [0.2, 0.25) is 23.6 Å². The molecule has 1 rings (SSSR count). The molecule has 4 amide bonds. The van der Waals surface area contributed by atoms with Crippen LogP contribution in [0.25, 0.3) is 0 Å². The third kappa shape index (κ3) is 7.35. The van der Waals surface area contributed by atoms with Gasteiger partial charge >= 0.3 is 5.97 Å². The van der Waals surface area contributed by atoms with Crippen molar-refractivity contribution in [1.82, 2.24) is 15.5 Å². The van der Waals surface area contributed by atoms with Crippen LogP contribution < -0.4 is 22.1 Å². The molecular weight excluding hydrogens is 390 g/mol. The highest BCUT2D eigenvalue weighted by molar-refractivity contribution is 7.98. The first-order chi connectivity index (χ1) is 13.2. The third-order valence-corrected chi connectivity index (χ3v) is 4.89. The number of carboxylic acid groups (broad SMARTS) is 1. The Labute approximate surface area is 166 Å². The van der Waals surface area contributed by atoms with Crippen molar-refractivity contribution >= 4 is 41.4 Å². The number of carbonyl (C=O) groups excluding carboxylic acids is 4. The topological polar surface area (TPSA) is 185 Å². The number of hydrogen-bond acceptors (Lipinski definition) is 7. The van der Waals surface area contributed by atoms with Crippen molar-refractivity contribution in [3.63, 3.8) is 0 Å². The Balaban J connectivity index is 2.56. The lowest BCUT2D eigenvalue weighted by atomic mass is 10.1. The number of rotatable bonds is 11. The number of aliphatic carboxylic acids is 1. The van der Waals surface area contributed by atoms with Gasteiger partial charge in [-0.3, -0.25) is 19.2 Å². The minimum Gasteiger partial charge on any atom is -0.480 e. The minimum absolute atomic E-state index is 0.302. The number of amides is 4. The van der Waals surface area contributed by atoms with E-state index in [1.165, 1.54) is 4.90 Å². The van der Waals surface area contributed by atoms with E-state index in [1.807, 2.05) is 6.26 Å². The maximum absolute atomic E-state index is 12.5. The summed E-state index contributed by atoms with van der Waals surface area (Å²) in [5.41, 5.74) is 10.8. The van der Waals surface area contributed by atoms with Crippen LogP contribution in [0.1, 0.15) is 25.7 Å². The molecule has 28 heavy (non-hydrogen) atoms. The summed E-state index contributed by atoms with van der Waals surface area (Å²) < 4.78 is 0. The van der Waals surface area contributed by atoms with Gasteiger partial charge in [0, 0.05) is 6.54 Å².